The smallest absolute Gasteiger partial charge is 0.250 e. The maximum atomic E-state index is 11.0. The molecule has 0 bridgehead atoms. The van der Waals surface area contributed by atoms with E-state index in [-0.39, 0.29) is 11.0 Å². The number of sulfone groups is 1. The van der Waals surface area contributed by atoms with E-state index >= 15 is 0 Å². The molecule has 0 saturated heterocycles. The molecule has 0 fully saturated rings. The van der Waals surface area contributed by atoms with Crippen LogP contribution in [0.2, 0.25) is 0 Å². The van der Waals surface area contributed by atoms with Crippen molar-refractivity contribution >= 4 is 33.0 Å². The highest BCUT2D eigenvalue weighted by Crippen LogP contribution is 2.13. The first-order valence-electron chi connectivity index (χ1n) is 3.37. The van der Waals surface area contributed by atoms with Gasteiger partial charge in [-0.2, -0.15) is 4.98 Å². The lowest BCUT2D eigenvalue weighted by molar-refractivity contribution is 0.335. The predicted octanol–water partition coefficient (Wildman–Crippen LogP) is 1.02. The third-order valence-corrected chi connectivity index (χ3v) is 2.19. The van der Waals surface area contributed by atoms with Crippen molar-refractivity contribution in [2.75, 3.05) is 6.26 Å². The van der Waals surface area contributed by atoms with E-state index in [1.807, 2.05) is 0 Å². The predicted molar refractivity (Wildman–Crippen MR) is 51.3 cm³/mol. The van der Waals surface area contributed by atoms with Gasteiger partial charge in [-0.1, -0.05) is 23.2 Å². The Morgan fingerprint density at radius 1 is 1.50 bits per heavy atom. The van der Waals surface area contributed by atoms with E-state index in [1.165, 1.54) is 12.3 Å². The lowest BCUT2D eigenvalue weighted by atomic mass is 10.6. The average Bonchev–Trinajstić information content (AvgIpc) is 2.01. The van der Waals surface area contributed by atoms with Crippen LogP contribution in [0.4, 0.5) is 0 Å². The summed E-state index contributed by atoms with van der Waals surface area (Å²) in [5.74, 6) is 0.00965. The number of rotatable bonds is 3. The van der Waals surface area contributed by atoms with Crippen LogP contribution in [0.15, 0.2) is 17.4 Å². The van der Waals surface area contributed by atoms with Crippen LogP contribution in [0, 0.1) is 0 Å². The van der Waals surface area contributed by atoms with Crippen molar-refractivity contribution in [3.63, 3.8) is 0 Å². The van der Waals surface area contributed by atoms with Crippen LogP contribution in [0.3, 0.4) is 0 Å². The molecule has 0 atom stereocenters. The summed E-state index contributed by atoms with van der Waals surface area (Å²) in [6, 6.07) is 1.35. The summed E-state index contributed by atoms with van der Waals surface area (Å²) in [6.45, 7) is 0. The third kappa shape index (κ3) is 3.28. The summed E-state index contributed by atoms with van der Waals surface area (Å²) in [5, 5.41) is -1.43. The van der Waals surface area contributed by atoms with Crippen molar-refractivity contribution in [2.24, 2.45) is 0 Å². The Balaban J connectivity index is 3.02. The second-order valence-electron chi connectivity index (χ2n) is 2.33. The summed E-state index contributed by atoms with van der Waals surface area (Å²) in [6.07, 6.45) is 2.24. The van der Waals surface area contributed by atoms with Gasteiger partial charge in [0.1, 0.15) is 0 Å². The molecule has 1 rings (SSSR count). The van der Waals surface area contributed by atoms with E-state index < -0.39 is 14.9 Å². The highest BCUT2D eigenvalue weighted by Gasteiger charge is 2.12. The molecule has 0 radical (unpaired) electrons. The van der Waals surface area contributed by atoms with Gasteiger partial charge in [-0.15, -0.1) is 0 Å². The Morgan fingerprint density at radius 2 is 2.14 bits per heavy atom. The Morgan fingerprint density at radius 3 is 2.64 bits per heavy atom. The van der Waals surface area contributed by atoms with Crippen molar-refractivity contribution in [3.8, 4) is 5.88 Å². The molecule has 14 heavy (non-hydrogen) atoms. The Kier molecular flexibility index (Phi) is 3.52. The molecular weight excluding hydrogens is 251 g/mol. The molecule has 8 heteroatoms. The highest BCUT2D eigenvalue weighted by atomic mass is 35.5. The molecule has 5 nitrogen and oxygen atoms in total. The van der Waals surface area contributed by atoms with Crippen molar-refractivity contribution in [1.82, 2.24) is 9.97 Å². The Hall–Kier alpha value is -0.590. The first-order valence-corrected chi connectivity index (χ1v) is 6.14. The molecule has 0 spiro atoms. The molecule has 0 aromatic carbocycles. The largest absolute Gasteiger partial charge is 0.444 e. The van der Waals surface area contributed by atoms with Crippen molar-refractivity contribution < 1.29 is 13.2 Å². The number of ether oxygens (including phenoxy) is 1. The summed E-state index contributed by atoms with van der Waals surface area (Å²) >= 11 is 10.6. The van der Waals surface area contributed by atoms with Crippen LogP contribution in [0.25, 0.3) is 0 Å². The minimum absolute atomic E-state index is 0.00965. The fraction of sp³-hybridized carbons (Fsp3) is 0.333. The summed E-state index contributed by atoms with van der Waals surface area (Å²) < 4.78 is 26.8. The molecular formula is C6H6Cl2N2O3S. The summed E-state index contributed by atoms with van der Waals surface area (Å²) in [7, 11) is -3.45. The molecule has 0 aliphatic heterocycles. The van der Waals surface area contributed by atoms with Crippen LogP contribution in [-0.2, 0) is 9.84 Å². The molecule has 1 heterocycles. The average molecular weight is 257 g/mol. The van der Waals surface area contributed by atoms with Crippen molar-refractivity contribution in [2.45, 2.75) is 10.2 Å². The molecule has 0 aliphatic rings. The number of hydrogen-bond acceptors (Lipinski definition) is 5. The number of hydrogen-bond donors (Lipinski definition) is 0. The SMILES string of the molecule is CS(=O)(=O)c1nccc(OC(Cl)Cl)n1. The van der Waals surface area contributed by atoms with Gasteiger partial charge in [0.05, 0.1) is 0 Å². The Labute approximate surface area is 90.9 Å². The molecule has 0 amide bonds. The van der Waals surface area contributed by atoms with E-state index in [9.17, 15) is 8.42 Å². The molecule has 0 aliphatic carbocycles. The number of nitrogens with zero attached hydrogens (tertiary/aromatic N) is 2. The van der Waals surface area contributed by atoms with Gasteiger partial charge in [-0.05, 0) is 0 Å². The van der Waals surface area contributed by atoms with Crippen molar-refractivity contribution in [1.29, 1.82) is 0 Å². The molecule has 0 unspecified atom stereocenters. The molecule has 1 aromatic heterocycles. The second kappa shape index (κ2) is 4.29. The number of aromatic nitrogens is 2. The van der Waals surface area contributed by atoms with E-state index in [0.717, 1.165) is 6.26 Å². The fourth-order valence-electron chi connectivity index (χ4n) is 0.661. The van der Waals surface area contributed by atoms with Crippen LogP contribution < -0.4 is 4.74 Å². The highest BCUT2D eigenvalue weighted by molar-refractivity contribution is 7.90. The molecule has 78 valence electrons. The second-order valence-corrected chi connectivity index (χ2v) is 5.25. The number of halogens is 2. The maximum absolute atomic E-state index is 11.0. The van der Waals surface area contributed by atoms with Crippen LogP contribution in [0.1, 0.15) is 0 Å². The zero-order chi connectivity index (χ0) is 10.8. The fourth-order valence-corrected chi connectivity index (χ4v) is 1.35. The first-order chi connectivity index (χ1) is 6.39. The third-order valence-electron chi connectivity index (χ3n) is 1.15. The standard InChI is InChI=1S/C6H6Cl2N2O3S/c1-14(11,12)6-9-3-2-4(10-6)13-5(7)8/h2-3,5H,1H3. The van der Waals surface area contributed by atoms with Gasteiger partial charge in [0, 0.05) is 18.5 Å². The maximum Gasteiger partial charge on any atom is 0.250 e. The van der Waals surface area contributed by atoms with Gasteiger partial charge < -0.3 is 4.74 Å². The van der Waals surface area contributed by atoms with Crippen LogP contribution >= 0.6 is 23.2 Å². The first kappa shape index (κ1) is 11.5. The summed E-state index contributed by atoms with van der Waals surface area (Å²) in [5.41, 5.74) is 0. The van der Waals surface area contributed by atoms with Gasteiger partial charge in [-0.3, -0.25) is 0 Å². The van der Waals surface area contributed by atoms with Crippen LogP contribution in [0.5, 0.6) is 5.88 Å². The molecule has 0 saturated carbocycles. The van der Waals surface area contributed by atoms with E-state index in [1.54, 1.807) is 0 Å². The van der Waals surface area contributed by atoms with E-state index in [2.05, 4.69) is 9.97 Å². The zero-order valence-electron chi connectivity index (χ0n) is 7.02. The lowest BCUT2D eigenvalue weighted by Crippen LogP contribution is -2.07. The normalized spacial score (nSPS) is 11.7. The molecule has 0 N–H and O–H groups in total. The Bertz CT molecular complexity index is 421. The van der Waals surface area contributed by atoms with E-state index in [4.69, 9.17) is 27.9 Å². The van der Waals surface area contributed by atoms with Gasteiger partial charge in [0.2, 0.25) is 25.9 Å². The van der Waals surface area contributed by atoms with Gasteiger partial charge in [-0.25, -0.2) is 13.4 Å². The van der Waals surface area contributed by atoms with Crippen LogP contribution in [-0.4, -0.2) is 29.7 Å². The summed E-state index contributed by atoms with van der Waals surface area (Å²) in [4.78, 5) is 7.15. The van der Waals surface area contributed by atoms with Gasteiger partial charge in [0.25, 0.3) is 0 Å². The van der Waals surface area contributed by atoms with Crippen molar-refractivity contribution in [3.05, 3.63) is 12.3 Å². The zero-order valence-corrected chi connectivity index (χ0v) is 9.34. The topological polar surface area (TPSA) is 69.2 Å². The monoisotopic (exact) mass is 256 g/mol. The van der Waals surface area contributed by atoms with Gasteiger partial charge >= 0.3 is 0 Å². The van der Waals surface area contributed by atoms with E-state index in [0.29, 0.717) is 0 Å². The quantitative estimate of drug-likeness (QED) is 0.597. The minimum Gasteiger partial charge on any atom is -0.444 e. The molecule has 1 aromatic rings. The lowest BCUT2D eigenvalue weighted by Gasteiger charge is -2.04. The minimum atomic E-state index is -3.45. The van der Waals surface area contributed by atoms with Gasteiger partial charge in [0.15, 0.2) is 0 Å². The number of alkyl halides is 2.